The number of hydrogen-bond donors (Lipinski definition) is 1. The van der Waals surface area contributed by atoms with E-state index in [9.17, 15) is 4.79 Å². The van der Waals surface area contributed by atoms with Crippen LogP contribution in [0.4, 0.5) is 0 Å². The van der Waals surface area contributed by atoms with Crippen LogP contribution >= 0.6 is 0 Å². The lowest BCUT2D eigenvalue weighted by molar-refractivity contribution is 0.0697. The van der Waals surface area contributed by atoms with E-state index >= 15 is 0 Å². The van der Waals surface area contributed by atoms with Gasteiger partial charge in [0.2, 0.25) is 0 Å². The minimum Gasteiger partial charge on any atom is -0.478 e. The van der Waals surface area contributed by atoms with E-state index in [0.29, 0.717) is 5.56 Å². The van der Waals surface area contributed by atoms with E-state index in [1.165, 1.54) is 29.5 Å². The van der Waals surface area contributed by atoms with E-state index in [1.807, 2.05) is 12.1 Å². The Hall–Kier alpha value is -7.59. The minimum absolute atomic E-state index is 0. The summed E-state index contributed by atoms with van der Waals surface area (Å²) in [6.07, 6.45) is 2.37. The molecule has 1 aliphatic carbocycles. The zero-order valence-electron chi connectivity index (χ0n) is 30.3. The van der Waals surface area contributed by atoms with Gasteiger partial charge in [0, 0.05) is 49.3 Å². The number of aryl methyl sites for hydroxylation is 1. The van der Waals surface area contributed by atoms with Crippen LogP contribution in [0, 0.1) is 147 Å². The Balaban J connectivity index is -0.0000000787. The average Bonchev–Trinajstić information content (AvgIpc) is 3.13. The number of aromatic carboxylic acids is 1. The number of rotatable bonds is 3. The molecule has 4 nitrogen and oxygen atoms in total. The molecule has 0 radical (unpaired) electrons. The maximum absolute atomic E-state index is 11.1. The van der Waals surface area contributed by atoms with Gasteiger partial charge >= 0.3 is 5.97 Å². The minimum atomic E-state index is -0.906. The second-order valence-electron chi connectivity index (χ2n) is 11.8. The van der Waals surface area contributed by atoms with Crippen molar-refractivity contribution in [2.75, 3.05) is 0 Å². The van der Waals surface area contributed by atoms with E-state index in [1.54, 1.807) is 26.0 Å². The van der Waals surface area contributed by atoms with Crippen LogP contribution in [0.5, 0.6) is 0 Å². The Bertz CT molecular complexity index is 2360. The van der Waals surface area contributed by atoms with Gasteiger partial charge in [0.15, 0.2) is 0 Å². The molecule has 3 rings (SSSR count). The molecule has 272 valence electrons. The SMILES string of the molecule is C=C(c1ccc(C(=O)O)cc1)c1cc2c(cc1C)C(C)(C)CCC2(C)C.CC#CC#CC#CC#CC#CC#CC#CC#CC#CC#CC#CC.O=O.[HH].[HH].[HH].[HH].[HH].[HH].[HH].[HH].[HH].[HH].[HH]. The third kappa shape index (κ3) is 14.7. The lowest BCUT2D eigenvalue weighted by atomic mass is 9.62. The second kappa shape index (κ2) is 22.9. The van der Waals surface area contributed by atoms with Gasteiger partial charge in [-0.25, -0.2) is 4.79 Å². The molecule has 0 spiro atoms. The van der Waals surface area contributed by atoms with Crippen molar-refractivity contribution in [1.82, 2.24) is 0 Å². The molecule has 0 unspecified atom stereocenters. The molecule has 2 aromatic carbocycles. The second-order valence-corrected chi connectivity index (χ2v) is 11.8. The zero-order valence-corrected chi connectivity index (χ0v) is 30.3. The number of fused-ring (bicyclic) bond motifs is 1. The molecular formula is C48H56O4. The molecular weight excluding hydrogens is 641 g/mol. The Morgan fingerprint density at radius 1 is 0.577 bits per heavy atom. The van der Waals surface area contributed by atoms with Crippen molar-refractivity contribution in [2.24, 2.45) is 0 Å². The van der Waals surface area contributed by atoms with Gasteiger partial charge in [0.25, 0.3) is 0 Å². The molecule has 1 N–H and O–H groups in total. The van der Waals surface area contributed by atoms with Crippen molar-refractivity contribution in [2.45, 2.75) is 72.1 Å². The van der Waals surface area contributed by atoms with Gasteiger partial charge in [0.1, 0.15) is 0 Å². The molecule has 0 atom stereocenters. The van der Waals surface area contributed by atoms with E-state index in [2.05, 4.69) is 184 Å². The highest BCUT2D eigenvalue weighted by Gasteiger charge is 2.37. The molecule has 0 fully saturated rings. The third-order valence-corrected chi connectivity index (χ3v) is 7.44. The predicted molar refractivity (Wildman–Crippen MR) is 235 cm³/mol. The summed E-state index contributed by atoms with van der Waals surface area (Å²) in [6, 6.07) is 11.6. The van der Waals surface area contributed by atoms with Crippen molar-refractivity contribution in [3.63, 3.8) is 0 Å². The van der Waals surface area contributed by atoms with Gasteiger partial charge in [-0.3, -0.25) is 0 Å². The number of benzene rings is 2. The molecule has 1 aliphatic rings. The molecule has 0 saturated carbocycles. The summed E-state index contributed by atoms with van der Waals surface area (Å²) >= 11 is 0. The molecule has 0 heterocycles. The Labute approximate surface area is 325 Å². The van der Waals surface area contributed by atoms with Crippen LogP contribution < -0.4 is 0 Å². The van der Waals surface area contributed by atoms with Crippen LogP contribution in [0.2, 0.25) is 0 Å². The molecule has 0 aromatic heterocycles. The van der Waals surface area contributed by atoms with Gasteiger partial charge in [-0.15, -0.1) is 0 Å². The Morgan fingerprint density at radius 2 is 0.865 bits per heavy atom. The van der Waals surface area contributed by atoms with Gasteiger partial charge in [0.05, 0.1) is 5.56 Å². The van der Waals surface area contributed by atoms with Crippen molar-refractivity contribution < 1.29 is 25.6 Å². The fourth-order valence-corrected chi connectivity index (χ4v) is 4.70. The maximum atomic E-state index is 11.1. The maximum Gasteiger partial charge on any atom is 0.335 e. The monoisotopic (exact) mass is 696 g/mol. The van der Waals surface area contributed by atoms with Gasteiger partial charge in [-0.05, 0) is 185 Å². The number of carboxylic acids is 1. The fourth-order valence-electron chi connectivity index (χ4n) is 4.70. The van der Waals surface area contributed by atoms with Crippen molar-refractivity contribution in [3.8, 4) is 130 Å². The summed E-state index contributed by atoms with van der Waals surface area (Å²) in [5.74, 6) is 54.7. The predicted octanol–water partition coefficient (Wildman–Crippen LogP) is 9.94. The number of carboxylic acid groups (broad SMARTS) is 1. The summed E-state index contributed by atoms with van der Waals surface area (Å²) in [6.45, 7) is 19.2. The van der Waals surface area contributed by atoms with Gasteiger partial charge < -0.3 is 5.11 Å². The number of hydrogen-bond acceptors (Lipinski definition) is 3. The van der Waals surface area contributed by atoms with Crippen molar-refractivity contribution in [1.29, 1.82) is 0 Å². The van der Waals surface area contributed by atoms with Crippen LogP contribution in [-0.4, -0.2) is 11.1 Å². The Kier molecular flexibility index (Phi) is 18.7. The van der Waals surface area contributed by atoms with Crippen molar-refractivity contribution in [3.05, 3.63) is 86.3 Å². The third-order valence-electron chi connectivity index (χ3n) is 7.44. The first-order chi connectivity index (χ1) is 24.9. The summed E-state index contributed by atoms with van der Waals surface area (Å²) in [7, 11) is 0. The zero-order chi connectivity index (χ0) is 38.8. The fraction of sp³-hybridized carbons (Fsp3) is 0.229. The average molecular weight is 697 g/mol. The summed E-state index contributed by atoms with van der Waals surface area (Å²) in [4.78, 5) is 25.1. The summed E-state index contributed by atoms with van der Waals surface area (Å²) in [5, 5.41) is 9.09. The van der Waals surface area contributed by atoms with Crippen LogP contribution in [-0.2, 0) is 10.8 Å². The highest BCUT2D eigenvalue weighted by Crippen LogP contribution is 2.47. The molecule has 52 heavy (non-hydrogen) atoms. The smallest absolute Gasteiger partial charge is 0.335 e. The van der Waals surface area contributed by atoms with E-state index in [0.717, 1.165) is 16.7 Å². The van der Waals surface area contributed by atoms with Gasteiger partial charge in [-0.1, -0.05) is 70.4 Å². The van der Waals surface area contributed by atoms with Crippen molar-refractivity contribution >= 4 is 11.5 Å². The highest BCUT2D eigenvalue weighted by atomic mass is 16.7. The quantitative estimate of drug-likeness (QED) is 0.325. The van der Waals surface area contributed by atoms with Gasteiger partial charge in [-0.2, -0.15) is 0 Å². The highest BCUT2D eigenvalue weighted by molar-refractivity contribution is 5.89. The first-order valence-corrected chi connectivity index (χ1v) is 15.6. The summed E-state index contributed by atoms with van der Waals surface area (Å²) < 4.78 is 0. The van der Waals surface area contributed by atoms with Crippen LogP contribution in [0.25, 0.3) is 5.57 Å². The van der Waals surface area contributed by atoms with Crippen LogP contribution in [0.15, 0.2) is 43.0 Å². The van der Waals surface area contributed by atoms with E-state index < -0.39 is 5.97 Å². The molecule has 4 heteroatoms. The first kappa shape index (κ1) is 42.4. The lowest BCUT2D eigenvalue weighted by Gasteiger charge is -2.42. The van der Waals surface area contributed by atoms with Crippen LogP contribution in [0.3, 0.4) is 0 Å². The van der Waals surface area contributed by atoms with E-state index in [4.69, 9.17) is 15.0 Å². The lowest BCUT2D eigenvalue weighted by Crippen LogP contribution is -2.34. The molecule has 0 aliphatic heterocycles. The normalized spacial score (nSPS) is 10.6. The molecule has 0 saturated heterocycles. The molecule has 0 bridgehead atoms. The topological polar surface area (TPSA) is 71.4 Å². The molecule has 2 aromatic rings. The van der Waals surface area contributed by atoms with Crippen LogP contribution in [0.1, 0.15) is 108 Å². The molecule has 0 amide bonds. The van der Waals surface area contributed by atoms with E-state index in [-0.39, 0.29) is 26.5 Å². The standard InChI is InChI=1S/C24H28O2.C24H6.O2.11H2/c1-15-13-20-21(24(5,6)12-11-23(20,3)4)14-19(15)16(2)17-7-9-18(10-8-17)22(25)26;1-3-5-7-9-11-13-15-17-19-21-23-24-22-20-18-16-14-12-10-8-6-4-2;1-2;;;;;;;;;;;/h7-10,13-14H,2,11-12H2,1,3-6H3,(H,25,26);1-2H3;;11*1H. The largest absolute Gasteiger partial charge is 0.478 e. The Morgan fingerprint density at radius 3 is 1.17 bits per heavy atom. The summed E-state index contributed by atoms with van der Waals surface area (Å²) in [5.41, 5.74) is 7.79. The first-order valence-electron chi connectivity index (χ1n) is 15.6. The number of carbonyl (C=O) groups is 1.